The maximum absolute atomic E-state index is 12.9. The first-order chi connectivity index (χ1) is 7.13. The van der Waals surface area contributed by atoms with Crippen LogP contribution >= 0.6 is 0 Å². The minimum absolute atomic E-state index is 0.151. The van der Waals surface area contributed by atoms with Crippen molar-refractivity contribution < 1.29 is 4.39 Å². The Kier molecular flexibility index (Phi) is 2.24. The van der Waals surface area contributed by atoms with Gasteiger partial charge in [-0.3, -0.25) is 9.36 Å². The number of fused-ring (bicyclic) bond motifs is 1. The topological polar surface area (TPSA) is 60.9 Å². The summed E-state index contributed by atoms with van der Waals surface area (Å²) in [6.07, 6.45) is 0. The first kappa shape index (κ1) is 9.79. The average Bonchev–Trinajstić information content (AvgIpc) is 2.23. The Morgan fingerprint density at radius 1 is 1.53 bits per heavy atom. The molecule has 0 aliphatic rings. The minimum Gasteiger partial charge on any atom is -0.324 e. The van der Waals surface area contributed by atoms with Crippen LogP contribution in [0.25, 0.3) is 10.9 Å². The van der Waals surface area contributed by atoms with E-state index in [4.69, 9.17) is 5.73 Å². The smallest absolute Gasteiger partial charge is 0.261 e. The molecule has 2 aromatic rings. The van der Waals surface area contributed by atoms with E-state index >= 15 is 0 Å². The molecule has 2 rings (SSSR count). The van der Waals surface area contributed by atoms with Gasteiger partial charge in [-0.2, -0.15) is 0 Å². The van der Waals surface area contributed by atoms with Gasteiger partial charge in [0, 0.05) is 13.1 Å². The lowest BCUT2D eigenvalue weighted by Gasteiger charge is -2.06. The Morgan fingerprint density at radius 2 is 2.27 bits per heavy atom. The molecule has 0 unspecified atom stereocenters. The van der Waals surface area contributed by atoms with Crippen molar-refractivity contribution in [2.45, 2.75) is 6.54 Å². The molecule has 1 aromatic carbocycles. The van der Waals surface area contributed by atoms with Crippen LogP contribution in [0.4, 0.5) is 4.39 Å². The molecule has 78 valence electrons. The van der Waals surface area contributed by atoms with E-state index in [1.165, 1.54) is 22.8 Å². The zero-order valence-corrected chi connectivity index (χ0v) is 8.20. The number of aromatic nitrogens is 2. The maximum Gasteiger partial charge on any atom is 0.261 e. The zero-order valence-electron chi connectivity index (χ0n) is 8.20. The molecule has 2 N–H and O–H groups in total. The summed E-state index contributed by atoms with van der Waals surface area (Å²) >= 11 is 0. The number of benzene rings is 1. The van der Waals surface area contributed by atoms with E-state index in [1.54, 1.807) is 7.05 Å². The van der Waals surface area contributed by atoms with E-state index in [-0.39, 0.29) is 12.1 Å². The van der Waals surface area contributed by atoms with Gasteiger partial charge < -0.3 is 5.73 Å². The number of nitrogens with two attached hydrogens (primary N) is 1. The van der Waals surface area contributed by atoms with Gasteiger partial charge >= 0.3 is 0 Å². The molecule has 1 heterocycles. The van der Waals surface area contributed by atoms with Crippen LogP contribution in [0.1, 0.15) is 5.82 Å². The quantitative estimate of drug-likeness (QED) is 0.742. The van der Waals surface area contributed by atoms with Gasteiger partial charge in [-0.25, -0.2) is 9.37 Å². The number of halogens is 1. The van der Waals surface area contributed by atoms with Gasteiger partial charge in [0.25, 0.3) is 5.56 Å². The summed E-state index contributed by atoms with van der Waals surface area (Å²) in [6.45, 7) is 0.151. The van der Waals surface area contributed by atoms with Crippen molar-refractivity contribution in [1.82, 2.24) is 9.55 Å². The second-order valence-electron chi connectivity index (χ2n) is 3.26. The lowest BCUT2D eigenvalue weighted by molar-refractivity contribution is 0.628. The fourth-order valence-corrected chi connectivity index (χ4v) is 1.47. The number of nitrogens with zero attached hydrogens (tertiary/aromatic N) is 2. The molecule has 0 spiro atoms. The maximum atomic E-state index is 12.9. The standard InChI is InChI=1S/C10H10FN3O/c1-14-9(5-12)13-8-4-6(11)2-3-7(8)10(14)15/h2-4H,5,12H2,1H3. The molecule has 0 saturated heterocycles. The third-order valence-electron chi connectivity index (χ3n) is 2.31. The highest BCUT2D eigenvalue weighted by molar-refractivity contribution is 5.77. The second-order valence-corrected chi connectivity index (χ2v) is 3.26. The van der Waals surface area contributed by atoms with Crippen molar-refractivity contribution in [3.63, 3.8) is 0 Å². The van der Waals surface area contributed by atoms with Crippen LogP contribution in [0.15, 0.2) is 23.0 Å². The van der Waals surface area contributed by atoms with E-state index in [1.807, 2.05) is 0 Å². The molecule has 0 atom stereocenters. The van der Waals surface area contributed by atoms with Gasteiger partial charge in [-0.15, -0.1) is 0 Å². The Bertz CT molecular complexity index is 577. The summed E-state index contributed by atoms with van der Waals surface area (Å²) in [5, 5.41) is 0.399. The van der Waals surface area contributed by atoms with E-state index in [9.17, 15) is 9.18 Å². The first-order valence-electron chi connectivity index (χ1n) is 4.48. The van der Waals surface area contributed by atoms with Gasteiger partial charge in [0.1, 0.15) is 11.6 Å². The van der Waals surface area contributed by atoms with Crippen LogP contribution < -0.4 is 11.3 Å². The molecule has 0 fully saturated rings. The van der Waals surface area contributed by atoms with Crippen LogP contribution in [0.2, 0.25) is 0 Å². The molecule has 4 nitrogen and oxygen atoms in total. The molecule has 0 aliphatic heterocycles. The normalized spacial score (nSPS) is 10.9. The predicted molar refractivity (Wildman–Crippen MR) is 54.8 cm³/mol. The molecule has 0 radical (unpaired) electrons. The highest BCUT2D eigenvalue weighted by atomic mass is 19.1. The SMILES string of the molecule is Cn1c(CN)nc2cc(F)ccc2c1=O. The molecule has 5 heteroatoms. The van der Waals surface area contributed by atoms with Gasteiger partial charge in [0.05, 0.1) is 17.4 Å². The van der Waals surface area contributed by atoms with Crippen molar-refractivity contribution in [3.8, 4) is 0 Å². The summed E-state index contributed by atoms with van der Waals surface area (Å²) in [7, 11) is 1.60. The molecular weight excluding hydrogens is 197 g/mol. The first-order valence-corrected chi connectivity index (χ1v) is 4.48. The zero-order chi connectivity index (χ0) is 11.0. The molecule has 15 heavy (non-hydrogen) atoms. The lowest BCUT2D eigenvalue weighted by Crippen LogP contribution is -2.24. The van der Waals surface area contributed by atoms with Crippen LogP contribution in [0.3, 0.4) is 0 Å². The highest BCUT2D eigenvalue weighted by Gasteiger charge is 2.07. The van der Waals surface area contributed by atoms with Gasteiger partial charge in [-0.1, -0.05) is 0 Å². The highest BCUT2D eigenvalue weighted by Crippen LogP contribution is 2.09. The Hall–Kier alpha value is -1.75. The van der Waals surface area contributed by atoms with Gasteiger partial charge in [-0.05, 0) is 12.1 Å². The lowest BCUT2D eigenvalue weighted by atomic mass is 10.2. The van der Waals surface area contributed by atoms with Crippen molar-refractivity contribution >= 4 is 10.9 Å². The van der Waals surface area contributed by atoms with Gasteiger partial charge in [0.2, 0.25) is 0 Å². The minimum atomic E-state index is -0.411. The summed E-state index contributed by atoms with van der Waals surface area (Å²) in [6, 6.07) is 3.91. The van der Waals surface area contributed by atoms with E-state index in [0.717, 1.165) is 0 Å². The van der Waals surface area contributed by atoms with E-state index in [2.05, 4.69) is 4.98 Å². The third-order valence-corrected chi connectivity index (χ3v) is 2.31. The Balaban J connectivity index is 2.91. The summed E-state index contributed by atoms with van der Waals surface area (Å²) in [5.74, 6) is 0.0318. The van der Waals surface area contributed by atoms with E-state index < -0.39 is 5.82 Å². The van der Waals surface area contributed by atoms with Crippen molar-refractivity contribution in [1.29, 1.82) is 0 Å². The largest absolute Gasteiger partial charge is 0.324 e. The Morgan fingerprint density at radius 3 is 2.93 bits per heavy atom. The second kappa shape index (κ2) is 3.43. The monoisotopic (exact) mass is 207 g/mol. The molecular formula is C10H10FN3O. The molecule has 0 amide bonds. The molecule has 0 aliphatic carbocycles. The predicted octanol–water partition coefficient (Wildman–Crippen LogP) is 0.531. The van der Waals surface area contributed by atoms with Crippen molar-refractivity contribution in [2.75, 3.05) is 0 Å². The summed E-state index contributed by atoms with van der Waals surface area (Å²) < 4.78 is 14.3. The van der Waals surface area contributed by atoms with E-state index in [0.29, 0.717) is 16.7 Å². The van der Waals surface area contributed by atoms with Crippen LogP contribution in [0.5, 0.6) is 0 Å². The molecule has 0 bridgehead atoms. The van der Waals surface area contributed by atoms with Crippen LogP contribution in [-0.2, 0) is 13.6 Å². The van der Waals surface area contributed by atoms with Crippen LogP contribution in [0, 0.1) is 5.82 Å². The van der Waals surface area contributed by atoms with Gasteiger partial charge in [0.15, 0.2) is 0 Å². The van der Waals surface area contributed by atoms with Crippen molar-refractivity contribution in [2.24, 2.45) is 12.8 Å². The number of rotatable bonds is 1. The summed E-state index contributed by atoms with van der Waals surface area (Å²) in [4.78, 5) is 15.9. The number of hydrogen-bond acceptors (Lipinski definition) is 3. The Labute approximate surface area is 85.2 Å². The average molecular weight is 207 g/mol. The summed E-state index contributed by atoms with van der Waals surface area (Å²) in [5.41, 5.74) is 5.57. The fraction of sp³-hybridized carbons (Fsp3) is 0.200. The fourth-order valence-electron chi connectivity index (χ4n) is 1.47. The molecule has 0 saturated carbocycles. The third kappa shape index (κ3) is 1.50. The number of hydrogen-bond donors (Lipinski definition) is 1. The molecule has 1 aromatic heterocycles. The van der Waals surface area contributed by atoms with Crippen molar-refractivity contribution in [3.05, 3.63) is 40.2 Å². The van der Waals surface area contributed by atoms with Crippen LogP contribution in [-0.4, -0.2) is 9.55 Å².